The molecule has 1 fully saturated rings. The first-order chi connectivity index (χ1) is 9.10. The van der Waals surface area contributed by atoms with Crippen LogP contribution in [0, 0.1) is 5.92 Å². The Bertz CT molecular complexity index is 469. The molecule has 0 amide bonds. The predicted octanol–water partition coefficient (Wildman–Crippen LogP) is 3.50. The van der Waals surface area contributed by atoms with Crippen molar-refractivity contribution in [1.82, 2.24) is 0 Å². The summed E-state index contributed by atoms with van der Waals surface area (Å²) in [6, 6.07) is 5.56. The smallest absolute Gasteiger partial charge is 0.173 e. The van der Waals surface area contributed by atoms with Crippen molar-refractivity contribution >= 4 is 21.8 Å². The van der Waals surface area contributed by atoms with E-state index in [4.69, 9.17) is 15.7 Å². The Morgan fingerprint density at radius 3 is 2.68 bits per heavy atom. The molecule has 1 aliphatic rings. The number of oxime groups is 1. The fourth-order valence-electron chi connectivity index (χ4n) is 2.39. The summed E-state index contributed by atoms with van der Waals surface area (Å²) in [6.45, 7) is 2.28. The summed E-state index contributed by atoms with van der Waals surface area (Å²) in [5, 5.41) is 11.9. The quantitative estimate of drug-likeness (QED) is 0.386. The largest absolute Gasteiger partial charge is 0.490 e. The van der Waals surface area contributed by atoms with E-state index in [1.54, 1.807) is 6.07 Å². The van der Waals surface area contributed by atoms with Gasteiger partial charge in [-0.15, -0.1) is 0 Å². The fourth-order valence-corrected chi connectivity index (χ4v) is 2.75. The van der Waals surface area contributed by atoms with Gasteiger partial charge in [0.2, 0.25) is 0 Å². The van der Waals surface area contributed by atoms with Crippen LogP contribution < -0.4 is 10.5 Å². The first-order valence-corrected chi connectivity index (χ1v) is 7.33. The zero-order valence-electron chi connectivity index (χ0n) is 11.0. The molecule has 1 saturated carbocycles. The van der Waals surface area contributed by atoms with Crippen LogP contribution in [0.15, 0.2) is 27.8 Å². The van der Waals surface area contributed by atoms with Crippen LogP contribution in [-0.2, 0) is 0 Å². The number of halogens is 1. The summed E-state index contributed by atoms with van der Waals surface area (Å²) < 4.78 is 6.89. The maximum Gasteiger partial charge on any atom is 0.173 e. The zero-order chi connectivity index (χ0) is 13.8. The van der Waals surface area contributed by atoms with Gasteiger partial charge in [-0.1, -0.05) is 28.0 Å². The molecule has 4 nitrogen and oxygen atoms in total. The van der Waals surface area contributed by atoms with Crippen molar-refractivity contribution in [1.29, 1.82) is 0 Å². The minimum atomic E-state index is 0.0699. The van der Waals surface area contributed by atoms with E-state index in [0.29, 0.717) is 11.3 Å². The number of benzene rings is 1. The van der Waals surface area contributed by atoms with Crippen molar-refractivity contribution in [3.63, 3.8) is 0 Å². The van der Waals surface area contributed by atoms with Gasteiger partial charge in [-0.05, 0) is 49.8 Å². The Kier molecular flexibility index (Phi) is 4.69. The van der Waals surface area contributed by atoms with Crippen molar-refractivity contribution in [2.24, 2.45) is 16.8 Å². The van der Waals surface area contributed by atoms with Crippen LogP contribution in [0.2, 0.25) is 0 Å². The summed E-state index contributed by atoms with van der Waals surface area (Å²) in [5.41, 5.74) is 6.31. The van der Waals surface area contributed by atoms with Crippen molar-refractivity contribution in [3.8, 4) is 5.75 Å². The van der Waals surface area contributed by atoms with E-state index < -0.39 is 0 Å². The zero-order valence-corrected chi connectivity index (χ0v) is 12.6. The Morgan fingerprint density at radius 1 is 1.37 bits per heavy atom. The molecule has 0 saturated heterocycles. The second-order valence-corrected chi connectivity index (χ2v) is 6.04. The van der Waals surface area contributed by atoms with E-state index >= 15 is 0 Å². The molecule has 0 radical (unpaired) electrons. The van der Waals surface area contributed by atoms with Gasteiger partial charge in [-0.2, -0.15) is 0 Å². The third-order valence-corrected chi connectivity index (χ3v) is 4.08. The van der Waals surface area contributed by atoms with E-state index in [0.717, 1.165) is 23.2 Å². The van der Waals surface area contributed by atoms with Crippen LogP contribution in [0.3, 0.4) is 0 Å². The topological polar surface area (TPSA) is 67.8 Å². The lowest BCUT2D eigenvalue weighted by molar-refractivity contribution is 0.135. The molecule has 0 atom stereocenters. The first-order valence-electron chi connectivity index (χ1n) is 6.54. The van der Waals surface area contributed by atoms with E-state index in [-0.39, 0.29) is 11.9 Å². The Labute approximate surface area is 121 Å². The molecule has 1 aliphatic carbocycles. The van der Waals surface area contributed by atoms with Crippen LogP contribution in [0.4, 0.5) is 0 Å². The molecule has 19 heavy (non-hydrogen) atoms. The predicted molar refractivity (Wildman–Crippen MR) is 78.7 cm³/mol. The van der Waals surface area contributed by atoms with Crippen LogP contribution in [0.25, 0.3) is 0 Å². The van der Waals surface area contributed by atoms with E-state index in [9.17, 15) is 0 Å². The van der Waals surface area contributed by atoms with E-state index in [1.807, 2.05) is 12.1 Å². The highest BCUT2D eigenvalue weighted by molar-refractivity contribution is 9.10. The summed E-state index contributed by atoms with van der Waals surface area (Å²) in [7, 11) is 0. The van der Waals surface area contributed by atoms with Gasteiger partial charge in [0.25, 0.3) is 0 Å². The van der Waals surface area contributed by atoms with Gasteiger partial charge in [-0.25, -0.2) is 0 Å². The SMILES string of the molecule is CC1CCC(Oc2ccc(Br)cc2/C(N)=N/O)CC1. The number of amidine groups is 1. The minimum absolute atomic E-state index is 0.0699. The normalized spacial score (nSPS) is 24.2. The van der Waals surface area contributed by atoms with Crippen molar-refractivity contribution in [2.45, 2.75) is 38.7 Å². The summed E-state index contributed by atoms with van der Waals surface area (Å²) >= 11 is 3.38. The second-order valence-electron chi connectivity index (χ2n) is 5.13. The van der Waals surface area contributed by atoms with Crippen molar-refractivity contribution in [2.75, 3.05) is 0 Å². The number of nitrogens with zero attached hydrogens (tertiary/aromatic N) is 1. The lowest BCUT2D eigenvalue weighted by atomic mass is 9.89. The van der Waals surface area contributed by atoms with Gasteiger partial charge in [0.1, 0.15) is 5.75 Å². The lowest BCUT2D eigenvalue weighted by Gasteiger charge is -2.27. The maximum atomic E-state index is 8.84. The van der Waals surface area contributed by atoms with Crippen LogP contribution in [-0.4, -0.2) is 17.1 Å². The molecule has 0 aromatic heterocycles. The first kappa shape index (κ1) is 14.2. The maximum absolute atomic E-state index is 8.84. The monoisotopic (exact) mass is 326 g/mol. The number of rotatable bonds is 3. The fraction of sp³-hybridized carbons (Fsp3) is 0.500. The molecule has 104 valence electrons. The van der Waals surface area contributed by atoms with Crippen LogP contribution >= 0.6 is 15.9 Å². The highest BCUT2D eigenvalue weighted by Crippen LogP contribution is 2.30. The molecule has 0 aliphatic heterocycles. The summed E-state index contributed by atoms with van der Waals surface area (Å²) in [6.07, 6.45) is 4.74. The molecule has 0 bridgehead atoms. The van der Waals surface area contributed by atoms with Gasteiger partial charge < -0.3 is 15.7 Å². The third-order valence-electron chi connectivity index (χ3n) is 3.58. The molecule has 1 aromatic carbocycles. The Balaban J connectivity index is 2.15. The minimum Gasteiger partial charge on any atom is -0.490 e. The molecule has 0 unspecified atom stereocenters. The molecule has 3 N–H and O–H groups in total. The summed E-state index contributed by atoms with van der Waals surface area (Å²) in [5.74, 6) is 1.53. The van der Waals surface area contributed by atoms with Crippen LogP contribution in [0.5, 0.6) is 5.75 Å². The molecule has 5 heteroatoms. The molecule has 0 heterocycles. The average molecular weight is 327 g/mol. The standard InChI is InChI=1S/C14H19BrN2O2/c1-9-2-5-11(6-3-9)19-13-7-4-10(15)8-12(13)14(16)17-18/h4,7-9,11,18H,2-3,5-6H2,1H3,(H2,16,17). The number of hydrogen-bond acceptors (Lipinski definition) is 3. The van der Waals surface area contributed by atoms with Crippen LogP contribution in [0.1, 0.15) is 38.2 Å². The van der Waals surface area contributed by atoms with Gasteiger partial charge in [0.05, 0.1) is 11.7 Å². The molecular formula is C14H19BrN2O2. The van der Waals surface area contributed by atoms with Gasteiger partial charge in [0.15, 0.2) is 5.84 Å². The Morgan fingerprint density at radius 2 is 2.05 bits per heavy atom. The Hall–Kier alpha value is -1.23. The molecule has 0 spiro atoms. The van der Waals surface area contributed by atoms with Crippen molar-refractivity contribution in [3.05, 3.63) is 28.2 Å². The van der Waals surface area contributed by atoms with E-state index in [2.05, 4.69) is 28.0 Å². The molecule has 2 rings (SSSR count). The highest BCUT2D eigenvalue weighted by atomic mass is 79.9. The van der Waals surface area contributed by atoms with Crippen molar-refractivity contribution < 1.29 is 9.94 Å². The second kappa shape index (κ2) is 6.28. The number of ether oxygens (including phenoxy) is 1. The lowest BCUT2D eigenvalue weighted by Crippen LogP contribution is -2.24. The number of nitrogens with two attached hydrogens (primary N) is 1. The van der Waals surface area contributed by atoms with Gasteiger partial charge in [0, 0.05) is 4.47 Å². The van der Waals surface area contributed by atoms with E-state index in [1.165, 1.54) is 12.8 Å². The number of hydrogen-bond donors (Lipinski definition) is 2. The van der Waals surface area contributed by atoms with Gasteiger partial charge in [-0.3, -0.25) is 0 Å². The molecule has 1 aromatic rings. The third kappa shape index (κ3) is 3.62. The highest BCUT2D eigenvalue weighted by Gasteiger charge is 2.21. The van der Waals surface area contributed by atoms with Gasteiger partial charge >= 0.3 is 0 Å². The summed E-state index contributed by atoms with van der Waals surface area (Å²) in [4.78, 5) is 0. The molecular weight excluding hydrogens is 308 g/mol. The average Bonchev–Trinajstić information content (AvgIpc) is 2.42.